The minimum atomic E-state index is -0.420. The fourth-order valence-corrected chi connectivity index (χ4v) is 2.68. The minimum absolute atomic E-state index is 0.241. The first-order chi connectivity index (χ1) is 14.1. The third kappa shape index (κ3) is 5.10. The molecule has 1 amide bonds. The second-order valence-corrected chi connectivity index (χ2v) is 6.01. The maximum atomic E-state index is 12.6. The first kappa shape index (κ1) is 19.9. The number of pyridine rings is 1. The zero-order chi connectivity index (χ0) is 20.6. The van der Waals surface area contributed by atoms with Crippen molar-refractivity contribution in [2.45, 2.75) is 6.92 Å². The van der Waals surface area contributed by atoms with Crippen LogP contribution in [-0.2, 0) is 4.74 Å². The third-order valence-electron chi connectivity index (χ3n) is 4.00. The average molecular weight is 391 g/mol. The molecule has 0 saturated heterocycles. The Morgan fingerprint density at radius 3 is 2.59 bits per heavy atom. The molecule has 1 heterocycles. The minimum Gasteiger partial charge on any atom is -0.492 e. The second-order valence-electron chi connectivity index (χ2n) is 6.01. The van der Waals surface area contributed by atoms with Crippen molar-refractivity contribution in [2.24, 2.45) is 0 Å². The van der Waals surface area contributed by atoms with Crippen LogP contribution in [0.5, 0.6) is 5.75 Å². The molecule has 0 radical (unpaired) electrons. The van der Waals surface area contributed by atoms with E-state index in [2.05, 4.69) is 15.6 Å². The number of para-hydroxylation sites is 2. The summed E-state index contributed by atoms with van der Waals surface area (Å²) < 4.78 is 10.3. The number of nitrogens with one attached hydrogen (secondary N) is 2. The lowest BCUT2D eigenvalue weighted by atomic mass is 10.2. The molecule has 7 heteroatoms. The number of rotatable bonds is 7. The zero-order valence-corrected chi connectivity index (χ0v) is 16.1. The van der Waals surface area contributed by atoms with E-state index < -0.39 is 5.97 Å². The molecule has 0 unspecified atom stereocenters. The lowest BCUT2D eigenvalue weighted by molar-refractivity contribution is 0.0600. The largest absolute Gasteiger partial charge is 0.492 e. The van der Waals surface area contributed by atoms with Gasteiger partial charge in [0.25, 0.3) is 5.91 Å². The predicted octanol–water partition coefficient (Wildman–Crippen LogP) is 4.26. The van der Waals surface area contributed by atoms with Crippen LogP contribution in [0.2, 0.25) is 0 Å². The number of ether oxygens (including phenoxy) is 2. The number of benzene rings is 2. The molecular weight excluding hydrogens is 370 g/mol. The van der Waals surface area contributed by atoms with Crippen LogP contribution in [0.25, 0.3) is 0 Å². The van der Waals surface area contributed by atoms with Gasteiger partial charge in [-0.2, -0.15) is 0 Å². The quantitative estimate of drug-likeness (QED) is 0.585. The van der Waals surface area contributed by atoms with E-state index in [1.165, 1.54) is 13.3 Å². The van der Waals surface area contributed by atoms with Crippen LogP contribution in [0, 0.1) is 0 Å². The molecule has 3 aromatic rings. The molecule has 1 aromatic heterocycles. The van der Waals surface area contributed by atoms with E-state index in [-0.39, 0.29) is 11.6 Å². The Kier molecular flexibility index (Phi) is 6.42. The molecule has 29 heavy (non-hydrogen) atoms. The summed E-state index contributed by atoms with van der Waals surface area (Å²) in [5.74, 6) is -0.183. The second kappa shape index (κ2) is 9.36. The van der Waals surface area contributed by atoms with Crippen LogP contribution in [-0.4, -0.2) is 30.6 Å². The Balaban J connectivity index is 1.76. The fraction of sp³-hybridized carbons (Fsp3) is 0.136. The number of anilines is 3. The Bertz CT molecular complexity index is 1020. The van der Waals surface area contributed by atoms with Gasteiger partial charge in [-0.1, -0.05) is 18.2 Å². The number of carbonyl (C=O) groups excluding carboxylic acids is 2. The monoisotopic (exact) mass is 391 g/mol. The standard InChI is InChI=1S/C22H21N3O4/c1-3-29-20-10-5-4-9-18(20)25-21(26)19-14-17(11-12-23-19)24-16-8-6-7-15(13-16)22(27)28-2/h4-14H,3H2,1-2H3,(H,23,24)(H,25,26). The van der Waals surface area contributed by atoms with Gasteiger partial charge in [0.15, 0.2) is 0 Å². The van der Waals surface area contributed by atoms with Crippen molar-refractivity contribution in [3.05, 3.63) is 78.1 Å². The van der Waals surface area contributed by atoms with Gasteiger partial charge in [-0.15, -0.1) is 0 Å². The van der Waals surface area contributed by atoms with Gasteiger partial charge in [0.2, 0.25) is 0 Å². The van der Waals surface area contributed by atoms with E-state index >= 15 is 0 Å². The number of methoxy groups -OCH3 is 1. The van der Waals surface area contributed by atoms with Crippen molar-refractivity contribution in [3.63, 3.8) is 0 Å². The number of hydrogen-bond acceptors (Lipinski definition) is 6. The van der Waals surface area contributed by atoms with Crippen molar-refractivity contribution in [2.75, 3.05) is 24.4 Å². The highest BCUT2D eigenvalue weighted by molar-refractivity contribution is 6.04. The van der Waals surface area contributed by atoms with Crippen molar-refractivity contribution in [1.82, 2.24) is 4.98 Å². The number of aromatic nitrogens is 1. The third-order valence-corrected chi connectivity index (χ3v) is 4.00. The average Bonchev–Trinajstić information content (AvgIpc) is 2.75. The fourth-order valence-electron chi connectivity index (χ4n) is 2.68. The summed E-state index contributed by atoms with van der Waals surface area (Å²) in [5.41, 5.74) is 2.59. The highest BCUT2D eigenvalue weighted by Crippen LogP contribution is 2.25. The van der Waals surface area contributed by atoms with Crippen molar-refractivity contribution in [3.8, 4) is 5.75 Å². The molecule has 0 atom stereocenters. The first-order valence-electron chi connectivity index (χ1n) is 9.05. The number of nitrogens with zero attached hydrogens (tertiary/aromatic N) is 1. The molecule has 0 aliphatic heterocycles. The molecule has 0 aliphatic carbocycles. The summed E-state index contributed by atoms with van der Waals surface area (Å²) in [6.45, 7) is 2.37. The Morgan fingerprint density at radius 2 is 1.79 bits per heavy atom. The van der Waals surface area contributed by atoms with Crippen LogP contribution in [0.4, 0.5) is 17.1 Å². The molecule has 148 valence electrons. The molecule has 0 saturated carbocycles. The van der Waals surface area contributed by atoms with E-state index in [4.69, 9.17) is 9.47 Å². The van der Waals surface area contributed by atoms with Crippen molar-refractivity contribution >= 4 is 28.9 Å². The molecular formula is C22H21N3O4. The Morgan fingerprint density at radius 1 is 1.00 bits per heavy atom. The normalized spacial score (nSPS) is 10.1. The molecule has 7 nitrogen and oxygen atoms in total. The topological polar surface area (TPSA) is 89.6 Å². The lowest BCUT2D eigenvalue weighted by Crippen LogP contribution is -2.14. The summed E-state index contributed by atoms with van der Waals surface area (Å²) in [6, 6.07) is 17.5. The first-order valence-corrected chi connectivity index (χ1v) is 9.05. The maximum absolute atomic E-state index is 12.6. The van der Waals surface area contributed by atoms with E-state index in [1.54, 1.807) is 42.5 Å². The van der Waals surface area contributed by atoms with Crippen LogP contribution in [0.3, 0.4) is 0 Å². The van der Waals surface area contributed by atoms with Gasteiger partial charge >= 0.3 is 5.97 Å². The smallest absolute Gasteiger partial charge is 0.337 e. The van der Waals surface area contributed by atoms with E-state index in [0.29, 0.717) is 35.0 Å². The van der Waals surface area contributed by atoms with E-state index in [1.807, 2.05) is 25.1 Å². The molecule has 2 aromatic carbocycles. The molecule has 0 aliphatic rings. The SMILES string of the molecule is CCOc1ccccc1NC(=O)c1cc(Nc2cccc(C(=O)OC)c2)ccn1. The van der Waals surface area contributed by atoms with Gasteiger partial charge in [-0.25, -0.2) is 4.79 Å². The highest BCUT2D eigenvalue weighted by Gasteiger charge is 2.12. The number of hydrogen-bond donors (Lipinski definition) is 2. The Hall–Kier alpha value is -3.87. The summed E-state index contributed by atoms with van der Waals surface area (Å²) in [6.07, 6.45) is 1.54. The zero-order valence-electron chi connectivity index (χ0n) is 16.1. The molecule has 2 N–H and O–H groups in total. The van der Waals surface area contributed by atoms with Gasteiger partial charge < -0.3 is 20.1 Å². The van der Waals surface area contributed by atoms with Gasteiger partial charge in [-0.05, 0) is 49.4 Å². The predicted molar refractivity (Wildman–Crippen MR) is 111 cm³/mol. The highest BCUT2D eigenvalue weighted by atomic mass is 16.5. The van der Waals surface area contributed by atoms with Crippen molar-refractivity contribution < 1.29 is 19.1 Å². The molecule has 0 bridgehead atoms. The Labute approximate surface area is 168 Å². The lowest BCUT2D eigenvalue weighted by Gasteiger charge is -2.12. The van der Waals surface area contributed by atoms with Gasteiger partial charge in [0.05, 0.1) is 25.0 Å². The molecule has 3 rings (SSSR count). The summed E-state index contributed by atoms with van der Waals surface area (Å²) >= 11 is 0. The van der Waals surface area contributed by atoms with Gasteiger partial charge in [0, 0.05) is 17.6 Å². The van der Waals surface area contributed by atoms with Crippen molar-refractivity contribution in [1.29, 1.82) is 0 Å². The van der Waals surface area contributed by atoms with Crippen LogP contribution >= 0.6 is 0 Å². The van der Waals surface area contributed by atoms with Crippen LogP contribution < -0.4 is 15.4 Å². The van der Waals surface area contributed by atoms with E-state index in [0.717, 1.165) is 0 Å². The summed E-state index contributed by atoms with van der Waals surface area (Å²) in [7, 11) is 1.33. The van der Waals surface area contributed by atoms with E-state index in [9.17, 15) is 9.59 Å². The van der Waals surface area contributed by atoms with Crippen LogP contribution in [0.1, 0.15) is 27.8 Å². The molecule has 0 spiro atoms. The molecule has 0 fully saturated rings. The van der Waals surface area contributed by atoms with Gasteiger partial charge in [-0.3, -0.25) is 9.78 Å². The number of carbonyl (C=O) groups is 2. The summed E-state index contributed by atoms with van der Waals surface area (Å²) in [5, 5.41) is 5.98. The maximum Gasteiger partial charge on any atom is 0.337 e. The summed E-state index contributed by atoms with van der Waals surface area (Å²) in [4.78, 5) is 28.5. The number of amides is 1. The van der Waals surface area contributed by atoms with Gasteiger partial charge in [0.1, 0.15) is 11.4 Å². The number of esters is 1. The van der Waals surface area contributed by atoms with Crippen LogP contribution in [0.15, 0.2) is 66.9 Å².